The molecule has 2 aromatic carbocycles. The highest BCUT2D eigenvalue weighted by Crippen LogP contribution is 2.24. The summed E-state index contributed by atoms with van der Waals surface area (Å²) in [5.41, 5.74) is 1.53. The molecule has 1 saturated heterocycles. The van der Waals surface area contributed by atoms with Crippen LogP contribution in [0.4, 0.5) is 11.4 Å². The van der Waals surface area contributed by atoms with E-state index in [1.165, 1.54) is 11.6 Å². The fourth-order valence-electron chi connectivity index (χ4n) is 3.43. The molecule has 1 amide bonds. The first-order valence-corrected chi connectivity index (χ1v) is 8.91. The zero-order chi connectivity index (χ0) is 18.4. The van der Waals surface area contributed by atoms with Crippen molar-refractivity contribution in [2.24, 2.45) is 5.92 Å². The lowest BCUT2D eigenvalue weighted by Crippen LogP contribution is -2.39. The molecule has 6 heteroatoms. The van der Waals surface area contributed by atoms with Gasteiger partial charge in [0.1, 0.15) is 5.69 Å². The quantitative estimate of drug-likeness (QED) is 0.637. The number of para-hydroxylation sites is 2. The third kappa shape index (κ3) is 4.89. The van der Waals surface area contributed by atoms with Crippen molar-refractivity contribution in [1.82, 2.24) is 4.90 Å². The molecule has 1 N–H and O–H groups in total. The number of nitro groups is 1. The van der Waals surface area contributed by atoms with E-state index in [0.29, 0.717) is 5.92 Å². The minimum atomic E-state index is -0.481. The number of carbonyl (C=O) groups is 1. The number of rotatable bonds is 6. The summed E-state index contributed by atoms with van der Waals surface area (Å²) >= 11 is 0. The van der Waals surface area contributed by atoms with Gasteiger partial charge in [0.15, 0.2) is 0 Å². The van der Waals surface area contributed by atoms with Crippen molar-refractivity contribution in [1.29, 1.82) is 0 Å². The summed E-state index contributed by atoms with van der Waals surface area (Å²) in [5.74, 6) is 0.438. The second-order valence-corrected chi connectivity index (χ2v) is 6.73. The topological polar surface area (TPSA) is 75.5 Å². The van der Waals surface area contributed by atoms with Crippen LogP contribution in [0.5, 0.6) is 0 Å². The molecule has 0 aromatic heterocycles. The molecule has 0 unspecified atom stereocenters. The van der Waals surface area contributed by atoms with Gasteiger partial charge in [-0.3, -0.25) is 19.8 Å². The molecule has 1 heterocycles. The summed E-state index contributed by atoms with van der Waals surface area (Å²) in [6.45, 7) is 2.02. The van der Waals surface area contributed by atoms with Crippen molar-refractivity contribution >= 4 is 17.3 Å². The zero-order valence-electron chi connectivity index (χ0n) is 14.6. The molecule has 1 aliphatic rings. The third-order valence-corrected chi connectivity index (χ3v) is 4.82. The predicted octanol–water partition coefficient (Wildman–Crippen LogP) is 3.49. The summed E-state index contributed by atoms with van der Waals surface area (Å²) in [4.78, 5) is 24.9. The minimum absolute atomic E-state index is 0.0811. The van der Waals surface area contributed by atoms with Gasteiger partial charge in [0, 0.05) is 6.07 Å². The maximum atomic E-state index is 12.3. The Hall–Kier alpha value is -2.73. The number of hydrogen-bond donors (Lipinski definition) is 1. The fourth-order valence-corrected chi connectivity index (χ4v) is 3.43. The van der Waals surface area contributed by atoms with Crippen molar-refractivity contribution in [2.45, 2.75) is 19.3 Å². The second-order valence-electron chi connectivity index (χ2n) is 6.73. The number of nitrogens with one attached hydrogen (secondary N) is 1. The van der Waals surface area contributed by atoms with Gasteiger partial charge in [-0.1, -0.05) is 42.5 Å². The summed E-state index contributed by atoms with van der Waals surface area (Å²) in [6, 6.07) is 16.7. The lowest BCUT2D eigenvalue weighted by Gasteiger charge is -2.31. The maximum absolute atomic E-state index is 12.3. The standard InChI is InChI=1S/C20H23N3O3/c24-20(21-18-8-4-5-9-19(18)23(25)26)15-22-12-10-17(11-13-22)14-16-6-2-1-3-7-16/h1-9,17H,10-15H2,(H,21,24). The molecule has 1 aliphatic heterocycles. The van der Waals surface area contributed by atoms with Crippen LogP contribution in [0.15, 0.2) is 54.6 Å². The highest BCUT2D eigenvalue weighted by atomic mass is 16.6. The maximum Gasteiger partial charge on any atom is 0.292 e. The molecule has 6 nitrogen and oxygen atoms in total. The van der Waals surface area contributed by atoms with Crippen LogP contribution < -0.4 is 5.32 Å². The van der Waals surface area contributed by atoms with E-state index < -0.39 is 4.92 Å². The van der Waals surface area contributed by atoms with E-state index in [2.05, 4.69) is 34.5 Å². The van der Waals surface area contributed by atoms with Crippen molar-refractivity contribution in [2.75, 3.05) is 25.0 Å². The summed E-state index contributed by atoms with van der Waals surface area (Å²) in [6.07, 6.45) is 3.21. The normalized spacial score (nSPS) is 15.5. The van der Waals surface area contributed by atoms with E-state index >= 15 is 0 Å². The third-order valence-electron chi connectivity index (χ3n) is 4.82. The molecule has 26 heavy (non-hydrogen) atoms. The van der Waals surface area contributed by atoms with E-state index in [1.807, 2.05) is 6.07 Å². The number of likely N-dealkylation sites (tertiary alicyclic amines) is 1. The van der Waals surface area contributed by atoms with Gasteiger partial charge in [0.2, 0.25) is 5.91 Å². The molecule has 0 radical (unpaired) electrons. The first kappa shape index (κ1) is 18.1. The summed E-state index contributed by atoms with van der Waals surface area (Å²) in [7, 11) is 0. The lowest BCUT2D eigenvalue weighted by atomic mass is 9.90. The van der Waals surface area contributed by atoms with Gasteiger partial charge in [0.25, 0.3) is 5.69 Å². The molecule has 0 atom stereocenters. The Labute approximate surface area is 153 Å². The van der Waals surface area contributed by atoms with Crippen LogP contribution in [-0.4, -0.2) is 35.4 Å². The lowest BCUT2D eigenvalue weighted by molar-refractivity contribution is -0.383. The van der Waals surface area contributed by atoms with Crippen molar-refractivity contribution < 1.29 is 9.72 Å². The predicted molar refractivity (Wildman–Crippen MR) is 101 cm³/mol. The monoisotopic (exact) mass is 353 g/mol. The zero-order valence-corrected chi connectivity index (χ0v) is 14.6. The van der Waals surface area contributed by atoms with E-state index in [9.17, 15) is 14.9 Å². The van der Waals surface area contributed by atoms with Crippen LogP contribution in [-0.2, 0) is 11.2 Å². The molecule has 3 rings (SSSR count). The van der Waals surface area contributed by atoms with Gasteiger partial charge in [-0.25, -0.2) is 0 Å². The molecule has 136 valence electrons. The Morgan fingerprint density at radius 3 is 2.42 bits per heavy atom. The van der Waals surface area contributed by atoms with Gasteiger partial charge >= 0.3 is 0 Å². The van der Waals surface area contributed by atoms with Crippen LogP contribution in [0.1, 0.15) is 18.4 Å². The first-order valence-electron chi connectivity index (χ1n) is 8.91. The van der Waals surface area contributed by atoms with Crippen LogP contribution in [0.25, 0.3) is 0 Å². The molecule has 0 bridgehead atoms. The molecular weight excluding hydrogens is 330 g/mol. The van der Waals surface area contributed by atoms with Crippen molar-refractivity contribution in [3.8, 4) is 0 Å². The SMILES string of the molecule is O=C(CN1CCC(Cc2ccccc2)CC1)Nc1ccccc1[N+](=O)[O-]. The average Bonchev–Trinajstić information content (AvgIpc) is 2.64. The van der Waals surface area contributed by atoms with E-state index in [4.69, 9.17) is 0 Å². The van der Waals surface area contributed by atoms with E-state index in [1.54, 1.807) is 18.2 Å². The van der Waals surface area contributed by atoms with Crippen LogP contribution in [0, 0.1) is 16.0 Å². The molecule has 2 aromatic rings. The van der Waals surface area contributed by atoms with Crippen molar-refractivity contribution in [3.63, 3.8) is 0 Å². The summed E-state index contributed by atoms with van der Waals surface area (Å²) < 4.78 is 0. The van der Waals surface area contributed by atoms with Crippen molar-refractivity contribution in [3.05, 3.63) is 70.3 Å². The van der Waals surface area contributed by atoms with E-state index in [-0.39, 0.29) is 23.8 Å². The van der Waals surface area contributed by atoms with Gasteiger partial charge in [-0.15, -0.1) is 0 Å². The molecule has 0 aliphatic carbocycles. The number of anilines is 1. The number of piperidine rings is 1. The highest BCUT2D eigenvalue weighted by Gasteiger charge is 2.22. The molecule has 1 fully saturated rings. The smallest absolute Gasteiger partial charge is 0.292 e. The molecule has 0 spiro atoms. The Morgan fingerprint density at radius 1 is 1.08 bits per heavy atom. The van der Waals surface area contributed by atoms with Gasteiger partial charge < -0.3 is 5.32 Å². The van der Waals surface area contributed by atoms with Crippen LogP contribution >= 0.6 is 0 Å². The molecule has 0 saturated carbocycles. The Morgan fingerprint density at radius 2 is 1.73 bits per heavy atom. The minimum Gasteiger partial charge on any atom is -0.319 e. The largest absolute Gasteiger partial charge is 0.319 e. The fraction of sp³-hybridized carbons (Fsp3) is 0.350. The number of amides is 1. The number of nitrogens with zero attached hydrogens (tertiary/aromatic N) is 2. The Balaban J connectivity index is 1.47. The van der Waals surface area contributed by atoms with Crippen LogP contribution in [0.3, 0.4) is 0 Å². The Kier molecular flexibility index (Phi) is 5.96. The summed E-state index contributed by atoms with van der Waals surface area (Å²) in [5, 5.41) is 13.7. The number of hydrogen-bond acceptors (Lipinski definition) is 4. The van der Waals surface area contributed by atoms with Gasteiger partial charge in [-0.05, 0) is 49.9 Å². The molecular formula is C20H23N3O3. The number of carbonyl (C=O) groups excluding carboxylic acids is 1. The second kappa shape index (κ2) is 8.58. The van der Waals surface area contributed by atoms with Gasteiger partial charge in [0.05, 0.1) is 11.5 Å². The first-order chi connectivity index (χ1) is 12.6. The number of nitro benzene ring substituents is 1. The average molecular weight is 353 g/mol. The number of benzene rings is 2. The van der Waals surface area contributed by atoms with E-state index in [0.717, 1.165) is 32.4 Å². The van der Waals surface area contributed by atoms with Gasteiger partial charge in [-0.2, -0.15) is 0 Å². The Bertz CT molecular complexity index is 756. The van der Waals surface area contributed by atoms with Crippen LogP contribution in [0.2, 0.25) is 0 Å². The highest BCUT2D eigenvalue weighted by molar-refractivity contribution is 5.94.